The topological polar surface area (TPSA) is 58.1 Å². The lowest BCUT2D eigenvalue weighted by molar-refractivity contribution is 0.297. The lowest BCUT2D eigenvalue weighted by atomic mass is 10.3. The normalized spacial score (nSPS) is 14.4. The van der Waals surface area contributed by atoms with Gasteiger partial charge in [-0.3, -0.25) is 4.99 Å². The molecule has 2 N–H and O–H groups in total. The van der Waals surface area contributed by atoms with Crippen LogP contribution in [0.1, 0.15) is 26.2 Å². The first-order valence-electron chi connectivity index (χ1n) is 8.78. The second kappa shape index (κ2) is 10.0. The summed E-state index contributed by atoms with van der Waals surface area (Å²) in [6.45, 7) is 6.58. The lowest BCUT2D eigenvalue weighted by Crippen LogP contribution is -2.37. The van der Waals surface area contributed by atoms with Crippen molar-refractivity contribution in [3.05, 3.63) is 18.2 Å². The van der Waals surface area contributed by atoms with E-state index >= 15 is 0 Å². The molecular formula is C18H30N4O2. The average Bonchev–Trinajstić information content (AvgIpc) is 2.83. The zero-order valence-electron chi connectivity index (χ0n) is 15.1. The summed E-state index contributed by atoms with van der Waals surface area (Å²) in [5.74, 6) is 2.35. The molecular weight excluding hydrogens is 304 g/mol. The summed E-state index contributed by atoms with van der Waals surface area (Å²) >= 11 is 0. The fraction of sp³-hybridized carbons (Fsp3) is 0.611. The number of benzene rings is 1. The van der Waals surface area contributed by atoms with Crippen LogP contribution in [0.2, 0.25) is 0 Å². The Hall–Kier alpha value is -1.95. The molecule has 0 saturated heterocycles. The number of likely N-dealkylation sites (N-methyl/N-ethyl adjacent to an activating group) is 1. The van der Waals surface area contributed by atoms with Crippen molar-refractivity contribution in [2.24, 2.45) is 4.99 Å². The third-order valence-corrected chi connectivity index (χ3v) is 3.91. The fourth-order valence-corrected chi connectivity index (χ4v) is 2.46. The second-order valence-electron chi connectivity index (χ2n) is 5.99. The molecule has 0 aromatic heterocycles. The number of anilines is 1. The van der Waals surface area contributed by atoms with Crippen LogP contribution in [0.4, 0.5) is 5.69 Å². The first kappa shape index (κ1) is 18.4. The molecule has 0 unspecified atom stereocenters. The molecule has 6 nitrogen and oxygen atoms in total. The minimum absolute atomic E-state index is 0.688. The molecule has 0 fully saturated rings. The van der Waals surface area contributed by atoms with Crippen LogP contribution in [-0.4, -0.2) is 57.8 Å². The molecule has 1 heterocycles. The van der Waals surface area contributed by atoms with Crippen molar-refractivity contribution in [2.45, 2.75) is 26.2 Å². The summed E-state index contributed by atoms with van der Waals surface area (Å²) in [5.41, 5.74) is 0.937. The van der Waals surface area contributed by atoms with Gasteiger partial charge in [0.1, 0.15) is 0 Å². The minimum atomic E-state index is 0.688. The Kier molecular flexibility index (Phi) is 7.68. The molecule has 0 atom stereocenters. The summed E-state index contributed by atoms with van der Waals surface area (Å²) in [7, 11) is 3.93. The monoisotopic (exact) mass is 334 g/mol. The number of guanidine groups is 1. The predicted molar refractivity (Wildman–Crippen MR) is 99.4 cm³/mol. The van der Waals surface area contributed by atoms with E-state index in [9.17, 15) is 0 Å². The predicted octanol–water partition coefficient (Wildman–Crippen LogP) is 2.57. The molecule has 0 bridgehead atoms. The number of nitrogens with one attached hydrogen (secondary N) is 2. The quantitative estimate of drug-likeness (QED) is 0.593. The molecule has 0 radical (unpaired) electrons. The Morgan fingerprint density at radius 1 is 1.21 bits per heavy atom. The van der Waals surface area contributed by atoms with Gasteiger partial charge in [0.15, 0.2) is 17.5 Å². The lowest BCUT2D eigenvalue weighted by Gasteiger charge is -2.18. The molecule has 0 saturated carbocycles. The van der Waals surface area contributed by atoms with Crippen LogP contribution in [0.5, 0.6) is 11.5 Å². The zero-order valence-corrected chi connectivity index (χ0v) is 15.1. The van der Waals surface area contributed by atoms with Crippen LogP contribution in [0.15, 0.2) is 23.2 Å². The van der Waals surface area contributed by atoms with Crippen LogP contribution in [0.3, 0.4) is 0 Å². The van der Waals surface area contributed by atoms with Crippen LogP contribution in [0, 0.1) is 0 Å². The number of nitrogens with zero attached hydrogens (tertiary/aromatic N) is 2. The van der Waals surface area contributed by atoms with Gasteiger partial charge in [-0.15, -0.1) is 0 Å². The first-order chi connectivity index (χ1) is 11.7. The largest absolute Gasteiger partial charge is 0.490 e. The summed E-state index contributed by atoms with van der Waals surface area (Å²) in [6.07, 6.45) is 3.37. The standard InChI is InChI=1S/C18H30N4O2/c1-4-5-10-22(3)11-9-20-18(19-2)21-15-7-8-16-17(14-15)24-13-6-12-23-16/h7-8,14H,4-6,9-13H2,1-3H3,(H2,19,20,21). The van der Waals surface area contributed by atoms with Crippen LogP contribution in [-0.2, 0) is 0 Å². The first-order valence-corrected chi connectivity index (χ1v) is 8.78. The highest BCUT2D eigenvalue weighted by Gasteiger charge is 2.11. The van der Waals surface area contributed by atoms with Crippen LogP contribution < -0.4 is 20.1 Å². The Bertz CT molecular complexity index is 534. The van der Waals surface area contributed by atoms with E-state index in [2.05, 4.69) is 34.5 Å². The van der Waals surface area contributed by atoms with Gasteiger partial charge < -0.3 is 25.0 Å². The number of hydrogen-bond donors (Lipinski definition) is 2. The van der Waals surface area contributed by atoms with Gasteiger partial charge in [-0.2, -0.15) is 0 Å². The van der Waals surface area contributed by atoms with E-state index in [1.807, 2.05) is 18.2 Å². The SMILES string of the molecule is CCCCN(C)CCNC(=NC)Nc1ccc2c(c1)OCCCO2. The molecule has 0 amide bonds. The fourth-order valence-electron chi connectivity index (χ4n) is 2.46. The Morgan fingerprint density at radius 2 is 2.00 bits per heavy atom. The van der Waals surface area contributed by atoms with Crippen molar-refractivity contribution < 1.29 is 9.47 Å². The zero-order chi connectivity index (χ0) is 17.2. The molecule has 1 aromatic rings. The number of rotatable bonds is 7. The third-order valence-electron chi connectivity index (χ3n) is 3.91. The van der Waals surface area contributed by atoms with Gasteiger partial charge in [-0.05, 0) is 32.1 Å². The van der Waals surface area contributed by atoms with Gasteiger partial charge in [0.2, 0.25) is 0 Å². The summed E-state index contributed by atoms with van der Waals surface area (Å²) < 4.78 is 11.4. The van der Waals surface area contributed by atoms with Gasteiger partial charge in [0.25, 0.3) is 0 Å². The summed E-state index contributed by atoms with van der Waals surface area (Å²) in [4.78, 5) is 6.61. The number of ether oxygens (including phenoxy) is 2. The average molecular weight is 334 g/mol. The maximum absolute atomic E-state index is 5.72. The van der Waals surface area contributed by atoms with E-state index in [4.69, 9.17) is 9.47 Å². The smallest absolute Gasteiger partial charge is 0.195 e. The molecule has 0 spiro atoms. The van der Waals surface area contributed by atoms with E-state index in [0.29, 0.717) is 13.2 Å². The molecule has 1 aliphatic heterocycles. The molecule has 1 aromatic carbocycles. The van der Waals surface area contributed by atoms with Crippen LogP contribution in [0.25, 0.3) is 0 Å². The van der Waals surface area contributed by atoms with Crippen molar-refractivity contribution in [2.75, 3.05) is 52.3 Å². The number of fused-ring (bicyclic) bond motifs is 1. The number of aliphatic imine (C=N–C) groups is 1. The molecule has 6 heteroatoms. The number of unbranched alkanes of at least 4 members (excludes halogenated alkanes) is 1. The van der Waals surface area contributed by atoms with Crippen molar-refractivity contribution in [3.63, 3.8) is 0 Å². The maximum Gasteiger partial charge on any atom is 0.195 e. The Balaban J connectivity index is 1.83. The van der Waals surface area contributed by atoms with E-state index in [1.54, 1.807) is 7.05 Å². The summed E-state index contributed by atoms with van der Waals surface area (Å²) in [5, 5.41) is 6.64. The van der Waals surface area contributed by atoms with Crippen molar-refractivity contribution in [1.82, 2.24) is 10.2 Å². The van der Waals surface area contributed by atoms with Gasteiger partial charge in [0.05, 0.1) is 13.2 Å². The number of hydrogen-bond acceptors (Lipinski definition) is 4. The third kappa shape index (κ3) is 5.92. The highest BCUT2D eigenvalue weighted by Crippen LogP contribution is 2.32. The molecule has 24 heavy (non-hydrogen) atoms. The van der Waals surface area contributed by atoms with Gasteiger partial charge >= 0.3 is 0 Å². The molecule has 2 rings (SSSR count). The van der Waals surface area contributed by atoms with E-state index in [-0.39, 0.29) is 0 Å². The Labute approximate surface area is 145 Å². The Morgan fingerprint density at radius 3 is 2.75 bits per heavy atom. The van der Waals surface area contributed by atoms with Crippen molar-refractivity contribution in [1.29, 1.82) is 0 Å². The minimum Gasteiger partial charge on any atom is -0.490 e. The highest BCUT2D eigenvalue weighted by molar-refractivity contribution is 5.93. The van der Waals surface area contributed by atoms with Crippen LogP contribution >= 0.6 is 0 Å². The van der Waals surface area contributed by atoms with Gasteiger partial charge in [-0.25, -0.2) is 0 Å². The molecule has 134 valence electrons. The second-order valence-corrected chi connectivity index (χ2v) is 5.99. The highest BCUT2D eigenvalue weighted by atomic mass is 16.5. The van der Waals surface area contributed by atoms with Crippen molar-refractivity contribution >= 4 is 11.6 Å². The van der Waals surface area contributed by atoms with E-state index in [1.165, 1.54) is 12.8 Å². The van der Waals surface area contributed by atoms with E-state index < -0.39 is 0 Å². The maximum atomic E-state index is 5.72. The van der Waals surface area contributed by atoms with Gasteiger partial charge in [-0.1, -0.05) is 13.3 Å². The van der Waals surface area contributed by atoms with Gasteiger partial charge in [0, 0.05) is 38.3 Å². The van der Waals surface area contributed by atoms with Crippen molar-refractivity contribution in [3.8, 4) is 11.5 Å². The molecule has 0 aliphatic carbocycles. The molecule has 1 aliphatic rings. The summed E-state index contributed by atoms with van der Waals surface area (Å²) in [6, 6.07) is 5.88. The van der Waals surface area contributed by atoms with E-state index in [0.717, 1.165) is 49.2 Å².